The molecule has 6 unspecified atom stereocenters. The van der Waals surface area contributed by atoms with Crippen molar-refractivity contribution in [3.8, 4) is 0 Å². The lowest BCUT2D eigenvalue weighted by Crippen LogP contribution is -2.59. The maximum Gasteiger partial charge on any atom is 0.326 e. The normalized spacial score (nSPS) is 16.1. The van der Waals surface area contributed by atoms with Gasteiger partial charge in [-0.15, -0.1) is 0 Å². The number of H-pyrrole nitrogens is 1. The van der Waals surface area contributed by atoms with E-state index in [1.165, 1.54) is 19.4 Å². The van der Waals surface area contributed by atoms with Gasteiger partial charge >= 0.3 is 11.9 Å². The van der Waals surface area contributed by atoms with Gasteiger partial charge in [0.2, 0.25) is 17.7 Å². The van der Waals surface area contributed by atoms with Gasteiger partial charge in [-0.2, -0.15) is 0 Å². The molecule has 14 heteroatoms. The minimum absolute atomic E-state index is 0.0814. The van der Waals surface area contributed by atoms with Crippen LogP contribution in [0.25, 0.3) is 0 Å². The second-order valence-electron chi connectivity index (χ2n) is 8.31. The minimum atomic E-state index is -1.39. The van der Waals surface area contributed by atoms with Gasteiger partial charge < -0.3 is 42.0 Å². The zero-order valence-electron chi connectivity index (χ0n) is 19.9. The van der Waals surface area contributed by atoms with Crippen LogP contribution < -0.4 is 21.7 Å². The number of imidazole rings is 1. The first-order valence-electron chi connectivity index (χ1n) is 11.1. The van der Waals surface area contributed by atoms with Crippen LogP contribution in [0.15, 0.2) is 12.5 Å². The van der Waals surface area contributed by atoms with Gasteiger partial charge in [0.25, 0.3) is 0 Å². The summed E-state index contributed by atoms with van der Waals surface area (Å²) in [5.74, 6) is -5.46. The minimum Gasteiger partial charge on any atom is -0.481 e. The molecule has 196 valence electrons. The molecule has 0 saturated heterocycles. The lowest BCUT2D eigenvalue weighted by molar-refractivity contribution is -0.144. The number of carboxylic acid groups (broad SMARTS) is 2. The van der Waals surface area contributed by atoms with E-state index in [-0.39, 0.29) is 12.8 Å². The number of aliphatic hydroxyl groups excluding tert-OH is 1. The number of nitrogens with zero attached hydrogens (tertiary/aromatic N) is 1. The van der Waals surface area contributed by atoms with Crippen LogP contribution in [0.4, 0.5) is 0 Å². The molecule has 9 N–H and O–H groups in total. The van der Waals surface area contributed by atoms with Crippen LogP contribution in [0.3, 0.4) is 0 Å². The van der Waals surface area contributed by atoms with Crippen molar-refractivity contribution in [2.75, 3.05) is 0 Å². The number of aliphatic hydroxyl groups is 1. The van der Waals surface area contributed by atoms with Crippen LogP contribution in [0.2, 0.25) is 0 Å². The summed E-state index contributed by atoms with van der Waals surface area (Å²) in [7, 11) is 0. The molecule has 35 heavy (non-hydrogen) atoms. The molecule has 0 aliphatic rings. The maximum absolute atomic E-state index is 13.1. The molecule has 1 heterocycles. The Morgan fingerprint density at radius 1 is 1.03 bits per heavy atom. The summed E-state index contributed by atoms with van der Waals surface area (Å²) >= 11 is 0. The van der Waals surface area contributed by atoms with Gasteiger partial charge in [0, 0.05) is 24.7 Å². The fourth-order valence-corrected chi connectivity index (χ4v) is 3.06. The maximum atomic E-state index is 13.1. The fraction of sp³-hybridized carbons (Fsp3) is 0.619. The number of rotatable bonds is 15. The van der Waals surface area contributed by atoms with E-state index in [0.29, 0.717) is 12.1 Å². The number of nitrogens with two attached hydrogens (primary N) is 1. The van der Waals surface area contributed by atoms with E-state index < -0.39 is 72.3 Å². The average Bonchev–Trinajstić information content (AvgIpc) is 3.30. The number of hydrogen-bond donors (Lipinski definition) is 8. The number of carboxylic acids is 2. The van der Waals surface area contributed by atoms with Crippen LogP contribution in [0, 0.1) is 5.92 Å². The van der Waals surface area contributed by atoms with E-state index in [1.54, 1.807) is 13.8 Å². The van der Waals surface area contributed by atoms with Crippen molar-refractivity contribution in [2.45, 2.75) is 76.7 Å². The molecule has 6 atom stereocenters. The summed E-state index contributed by atoms with van der Waals surface area (Å²) in [4.78, 5) is 67.6. The van der Waals surface area contributed by atoms with Crippen molar-refractivity contribution in [1.82, 2.24) is 25.9 Å². The van der Waals surface area contributed by atoms with E-state index in [0.717, 1.165) is 0 Å². The van der Waals surface area contributed by atoms with Gasteiger partial charge in [-0.25, -0.2) is 9.78 Å². The molecule has 3 amide bonds. The smallest absolute Gasteiger partial charge is 0.326 e. The van der Waals surface area contributed by atoms with Crippen molar-refractivity contribution in [3.63, 3.8) is 0 Å². The second-order valence-corrected chi connectivity index (χ2v) is 8.31. The lowest BCUT2D eigenvalue weighted by atomic mass is 9.98. The second kappa shape index (κ2) is 14.0. The first kappa shape index (κ1) is 29.5. The molecule has 1 rings (SSSR count). The number of amides is 3. The van der Waals surface area contributed by atoms with Gasteiger partial charge in [-0.3, -0.25) is 19.2 Å². The zero-order chi connectivity index (χ0) is 26.7. The van der Waals surface area contributed by atoms with Gasteiger partial charge in [0.1, 0.15) is 24.2 Å². The Labute approximate surface area is 202 Å². The third-order valence-corrected chi connectivity index (χ3v) is 5.49. The number of carbonyl (C=O) groups excluding carboxylic acids is 3. The monoisotopic (exact) mass is 498 g/mol. The number of hydrogen-bond acceptors (Lipinski definition) is 8. The Hall–Kier alpha value is -3.52. The molecule has 0 bridgehead atoms. The van der Waals surface area contributed by atoms with E-state index in [4.69, 9.17) is 10.8 Å². The number of carbonyl (C=O) groups is 5. The predicted molar refractivity (Wildman–Crippen MR) is 122 cm³/mol. The highest BCUT2D eigenvalue weighted by Crippen LogP contribution is 2.10. The molecule has 1 aromatic rings. The molecule has 0 aromatic carbocycles. The highest BCUT2D eigenvalue weighted by atomic mass is 16.4. The predicted octanol–water partition coefficient (Wildman–Crippen LogP) is -1.89. The summed E-state index contributed by atoms with van der Waals surface area (Å²) in [6, 6.07) is -5.24. The van der Waals surface area contributed by atoms with Gasteiger partial charge in [0.15, 0.2) is 0 Å². The van der Waals surface area contributed by atoms with Crippen LogP contribution in [-0.2, 0) is 30.4 Å². The third-order valence-electron chi connectivity index (χ3n) is 5.49. The SMILES string of the molecule is CCC(C)C(NC(=O)C(CCC(=O)O)NC(=O)C(Cc1cnc[nH]1)NC(=O)C(N)C(C)O)C(=O)O. The van der Waals surface area contributed by atoms with Crippen molar-refractivity contribution in [1.29, 1.82) is 0 Å². The first-order valence-corrected chi connectivity index (χ1v) is 11.1. The quantitative estimate of drug-likeness (QED) is 0.134. The highest BCUT2D eigenvalue weighted by molar-refractivity contribution is 5.94. The standard InChI is InChI=1S/C21H34N6O8/c1-4-10(2)17(21(34)35)27-18(31)13(5-6-15(29)30)25-19(32)14(7-12-8-23-9-24-12)26-20(33)16(22)11(3)28/h8-11,13-14,16-17,28H,4-7,22H2,1-3H3,(H,23,24)(H,25,32)(H,26,33)(H,27,31)(H,29,30)(H,34,35). The number of aromatic nitrogens is 2. The molecule has 14 nitrogen and oxygen atoms in total. The Morgan fingerprint density at radius 2 is 1.63 bits per heavy atom. The van der Waals surface area contributed by atoms with E-state index in [2.05, 4.69) is 25.9 Å². The van der Waals surface area contributed by atoms with Gasteiger partial charge in [-0.05, 0) is 19.3 Å². The van der Waals surface area contributed by atoms with Crippen molar-refractivity contribution < 1.29 is 39.3 Å². The largest absolute Gasteiger partial charge is 0.481 e. The van der Waals surface area contributed by atoms with Crippen LogP contribution >= 0.6 is 0 Å². The van der Waals surface area contributed by atoms with Crippen LogP contribution in [0.1, 0.15) is 45.7 Å². The zero-order valence-corrected chi connectivity index (χ0v) is 19.9. The lowest BCUT2D eigenvalue weighted by Gasteiger charge is -2.26. The molecule has 0 aliphatic heterocycles. The number of aromatic amines is 1. The summed E-state index contributed by atoms with van der Waals surface area (Å²) in [5.41, 5.74) is 6.10. The molecule has 0 fully saturated rings. The first-order chi connectivity index (χ1) is 16.4. The van der Waals surface area contributed by atoms with E-state index in [1.807, 2.05) is 0 Å². The molecule has 0 spiro atoms. The summed E-state index contributed by atoms with van der Waals surface area (Å²) < 4.78 is 0. The summed E-state index contributed by atoms with van der Waals surface area (Å²) in [5, 5.41) is 35.2. The Bertz CT molecular complexity index is 875. The topological polar surface area (TPSA) is 237 Å². The van der Waals surface area contributed by atoms with Crippen LogP contribution in [-0.4, -0.2) is 85.2 Å². The van der Waals surface area contributed by atoms with E-state index in [9.17, 15) is 34.2 Å². The molecule has 0 saturated carbocycles. The van der Waals surface area contributed by atoms with Crippen molar-refractivity contribution in [2.24, 2.45) is 11.7 Å². The number of aliphatic carboxylic acids is 2. The molecular formula is C21H34N6O8. The van der Waals surface area contributed by atoms with Crippen molar-refractivity contribution in [3.05, 3.63) is 18.2 Å². The molecular weight excluding hydrogens is 464 g/mol. The fourth-order valence-electron chi connectivity index (χ4n) is 3.06. The molecule has 0 radical (unpaired) electrons. The van der Waals surface area contributed by atoms with Gasteiger partial charge in [0.05, 0.1) is 12.4 Å². The van der Waals surface area contributed by atoms with E-state index >= 15 is 0 Å². The van der Waals surface area contributed by atoms with Crippen LogP contribution in [0.5, 0.6) is 0 Å². The van der Waals surface area contributed by atoms with Crippen molar-refractivity contribution >= 4 is 29.7 Å². The third kappa shape index (κ3) is 9.70. The summed E-state index contributed by atoms with van der Waals surface area (Å²) in [6.07, 6.45) is 1.14. The Balaban J connectivity index is 3.11. The summed E-state index contributed by atoms with van der Waals surface area (Å²) in [6.45, 7) is 4.68. The molecule has 1 aromatic heterocycles. The Morgan fingerprint density at radius 3 is 2.11 bits per heavy atom. The Kier molecular flexibility index (Phi) is 11.8. The molecule has 0 aliphatic carbocycles. The average molecular weight is 499 g/mol. The number of nitrogens with one attached hydrogen (secondary N) is 4. The van der Waals surface area contributed by atoms with Gasteiger partial charge in [-0.1, -0.05) is 20.3 Å². The highest BCUT2D eigenvalue weighted by Gasteiger charge is 2.32.